The number of amides is 1. The molecule has 0 saturated carbocycles. The predicted octanol–water partition coefficient (Wildman–Crippen LogP) is 3.57. The van der Waals surface area contributed by atoms with Gasteiger partial charge in [0.1, 0.15) is 10.6 Å². The Morgan fingerprint density at radius 2 is 1.88 bits per heavy atom. The molecule has 2 N–H and O–H groups in total. The summed E-state index contributed by atoms with van der Waals surface area (Å²) in [7, 11) is -4.29. The van der Waals surface area contributed by atoms with E-state index in [9.17, 15) is 17.6 Å². The number of hydrogen-bond donors (Lipinski definition) is 1. The van der Waals surface area contributed by atoms with Crippen molar-refractivity contribution in [1.29, 1.82) is 0 Å². The normalized spacial score (nSPS) is 24.7. The van der Waals surface area contributed by atoms with Crippen LogP contribution in [0.3, 0.4) is 0 Å². The zero-order chi connectivity index (χ0) is 23.1. The van der Waals surface area contributed by atoms with E-state index < -0.39 is 50.1 Å². The molecule has 2 heterocycles. The highest BCUT2D eigenvalue weighted by molar-refractivity contribution is 7.92. The molecular formula is C21H20ClF2NO6S. The second-order valence-corrected chi connectivity index (χ2v) is 10.3. The van der Waals surface area contributed by atoms with Gasteiger partial charge in [-0.3, -0.25) is 0 Å². The van der Waals surface area contributed by atoms with E-state index in [0.717, 1.165) is 12.1 Å². The van der Waals surface area contributed by atoms with Crippen molar-refractivity contribution in [2.45, 2.75) is 28.6 Å². The van der Waals surface area contributed by atoms with Gasteiger partial charge < -0.3 is 19.9 Å². The molecule has 2 aliphatic rings. The number of hydrogen-bond acceptors (Lipinski definition) is 6. The highest BCUT2D eigenvalue weighted by atomic mass is 35.5. The topological polar surface area (TPSA) is 105 Å². The third-order valence-electron chi connectivity index (χ3n) is 5.99. The minimum absolute atomic E-state index is 0.0417. The monoisotopic (exact) mass is 487 g/mol. The van der Waals surface area contributed by atoms with Crippen molar-refractivity contribution in [2.75, 3.05) is 19.8 Å². The number of rotatable bonds is 5. The van der Waals surface area contributed by atoms with Crippen molar-refractivity contribution < 1.29 is 36.2 Å². The number of nitrogens with two attached hydrogens (primary N) is 1. The molecule has 4 rings (SSSR count). The van der Waals surface area contributed by atoms with Gasteiger partial charge in [-0.15, -0.1) is 0 Å². The molecule has 11 heteroatoms. The summed E-state index contributed by atoms with van der Waals surface area (Å²) in [5.41, 5.74) is 4.64. The first kappa shape index (κ1) is 22.8. The van der Waals surface area contributed by atoms with E-state index >= 15 is 4.39 Å². The van der Waals surface area contributed by atoms with Crippen LogP contribution in [0, 0.1) is 17.6 Å². The molecule has 0 aliphatic carbocycles. The third kappa shape index (κ3) is 3.60. The molecule has 0 spiro atoms. The van der Waals surface area contributed by atoms with Crippen LogP contribution in [0.5, 0.6) is 5.75 Å². The number of primary amides is 1. The van der Waals surface area contributed by atoms with Crippen LogP contribution in [-0.4, -0.2) is 40.4 Å². The van der Waals surface area contributed by atoms with Gasteiger partial charge in [0.15, 0.2) is 21.4 Å². The fraction of sp³-hybridized carbons (Fsp3) is 0.381. The Kier molecular flexibility index (Phi) is 6.04. The molecule has 2 aliphatic heterocycles. The van der Waals surface area contributed by atoms with Crippen LogP contribution >= 0.6 is 11.6 Å². The molecule has 0 radical (unpaired) electrons. The summed E-state index contributed by atoms with van der Waals surface area (Å²) in [6.45, 7) is -0.409. The smallest absolute Gasteiger partial charge is 0.404 e. The second kappa shape index (κ2) is 8.49. The van der Waals surface area contributed by atoms with Gasteiger partial charge in [0.05, 0.1) is 29.8 Å². The number of halogens is 3. The standard InChI is InChI=1S/C21H20ClF2NO6S/c22-12-1-3-13(4-2-12)32(27,28)21-8-10-29-17(7-9-30-20(25)26)14(21)11-31-19-16(24)6-5-15(23)18(19)21/h1-6,14,17H,7-11H2,(H2,25,26)/t14-,17-,21-/m1/s1. The fourth-order valence-electron chi connectivity index (χ4n) is 4.61. The first-order valence-electron chi connectivity index (χ1n) is 9.84. The lowest BCUT2D eigenvalue weighted by atomic mass is 9.75. The van der Waals surface area contributed by atoms with Gasteiger partial charge >= 0.3 is 6.09 Å². The van der Waals surface area contributed by atoms with Crippen LogP contribution in [-0.2, 0) is 24.1 Å². The Labute approximate surface area is 188 Å². The van der Waals surface area contributed by atoms with Crippen molar-refractivity contribution in [3.63, 3.8) is 0 Å². The summed E-state index contributed by atoms with van der Waals surface area (Å²) < 4.78 is 72.1. The van der Waals surface area contributed by atoms with Crippen molar-refractivity contribution in [2.24, 2.45) is 11.7 Å². The fourth-order valence-corrected chi connectivity index (χ4v) is 7.08. The zero-order valence-corrected chi connectivity index (χ0v) is 18.3. The second-order valence-electron chi connectivity index (χ2n) is 7.61. The number of benzene rings is 2. The van der Waals surface area contributed by atoms with Crippen LogP contribution < -0.4 is 10.5 Å². The molecule has 3 atom stereocenters. The summed E-state index contributed by atoms with van der Waals surface area (Å²) in [6.07, 6.45) is -1.78. The third-order valence-corrected chi connectivity index (χ3v) is 8.81. The minimum Gasteiger partial charge on any atom is -0.490 e. The van der Waals surface area contributed by atoms with Gasteiger partial charge in [-0.25, -0.2) is 22.0 Å². The van der Waals surface area contributed by atoms with E-state index in [1.165, 1.54) is 24.3 Å². The maximum atomic E-state index is 15.2. The summed E-state index contributed by atoms with van der Waals surface area (Å²) in [5.74, 6) is -3.08. The van der Waals surface area contributed by atoms with Crippen LogP contribution in [0.4, 0.5) is 13.6 Å². The predicted molar refractivity (Wildman–Crippen MR) is 110 cm³/mol. The van der Waals surface area contributed by atoms with Gasteiger partial charge in [0, 0.05) is 24.0 Å². The van der Waals surface area contributed by atoms with E-state index in [-0.39, 0.29) is 43.1 Å². The Balaban J connectivity index is 1.90. The zero-order valence-electron chi connectivity index (χ0n) is 16.7. The quantitative estimate of drug-likeness (QED) is 0.691. The van der Waals surface area contributed by atoms with Crippen LogP contribution in [0.1, 0.15) is 18.4 Å². The molecule has 0 aromatic heterocycles. The maximum Gasteiger partial charge on any atom is 0.404 e. The van der Waals surface area contributed by atoms with Gasteiger partial charge in [-0.2, -0.15) is 0 Å². The maximum absolute atomic E-state index is 15.2. The van der Waals surface area contributed by atoms with Gasteiger partial charge in [0.2, 0.25) is 0 Å². The first-order valence-corrected chi connectivity index (χ1v) is 11.7. The summed E-state index contributed by atoms with van der Waals surface area (Å²) in [4.78, 5) is 10.9. The molecule has 172 valence electrons. The first-order chi connectivity index (χ1) is 15.2. The van der Waals surface area contributed by atoms with Crippen molar-refractivity contribution in [1.82, 2.24) is 0 Å². The number of carbonyl (C=O) groups is 1. The Bertz CT molecular complexity index is 1140. The van der Waals surface area contributed by atoms with Gasteiger partial charge in [0.25, 0.3) is 0 Å². The molecule has 0 bridgehead atoms. The Hall–Kier alpha value is -2.43. The van der Waals surface area contributed by atoms with Crippen LogP contribution in [0.15, 0.2) is 41.3 Å². The molecule has 1 saturated heterocycles. The van der Waals surface area contributed by atoms with Crippen LogP contribution in [0.25, 0.3) is 0 Å². The summed E-state index contributed by atoms with van der Waals surface area (Å²) >= 11 is 5.92. The number of carbonyl (C=O) groups excluding carboxylic acids is 1. The van der Waals surface area contributed by atoms with E-state index in [1.54, 1.807) is 0 Å². The molecule has 2 aromatic carbocycles. The van der Waals surface area contributed by atoms with Crippen molar-refractivity contribution in [3.8, 4) is 5.75 Å². The van der Waals surface area contributed by atoms with E-state index in [0.29, 0.717) is 5.02 Å². The van der Waals surface area contributed by atoms with Crippen molar-refractivity contribution in [3.05, 3.63) is 58.6 Å². The number of sulfone groups is 1. The molecule has 1 fully saturated rings. The lowest BCUT2D eigenvalue weighted by molar-refractivity contribution is -0.0808. The SMILES string of the molecule is NC(=O)OCC[C@H]1OCC[C@]2(S(=O)(=O)c3ccc(Cl)cc3)c3c(F)ccc(F)c3OC[C@H]12. The molecule has 7 nitrogen and oxygen atoms in total. The van der Waals surface area contributed by atoms with Gasteiger partial charge in [-0.1, -0.05) is 11.6 Å². The van der Waals surface area contributed by atoms with Crippen molar-refractivity contribution >= 4 is 27.5 Å². The van der Waals surface area contributed by atoms with Gasteiger partial charge in [-0.05, 0) is 42.8 Å². The average Bonchev–Trinajstić information content (AvgIpc) is 2.75. The number of fused-ring (bicyclic) bond motifs is 3. The molecule has 2 aromatic rings. The molecule has 32 heavy (non-hydrogen) atoms. The summed E-state index contributed by atoms with van der Waals surface area (Å²) in [6, 6.07) is 7.28. The Morgan fingerprint density at radius 1 is 1.19 bits per heavy atom. The largest absolute Gasteiger partial charge is 0.490 e. The summed E-state index contributed by atoms with van der Waals surface area (Å²) in [5, 5.41) is 0.330. The Morgan fingerprint density at radius 3 is 2.56 bits per heavy atom. The lowest BCUT2D eigenvalue weighted by Crippen LogP contribution is -2.57. The highest BCUT2D eigenvalue weighted by Crippen LogP contribution is 2.55. The molecular weight excluding hydrogens is 468 g/mol. The number of ether oxygens (including phenoxy) is 3. The van der Waals surface area contributed by atoms with Crippen LogP contribution in [0.2, 0.25) is 5.02 Å². The van der Waals surface area contributed by atoms with E-state index in [4.69, 9.17) is 31.5 Å². The lowest BCUT2D eigenvalue weighted by Gasteiger charge is -2.50. The average molecular weight is 488 g/mol. The minimum atomic E-state index is -4.29. The van der Waals surface area contributed by atoms with E-state index in [2.05, 4.69) is 0 Å². The van der Waals surface area contributed by atoms with E-state index in [1.807, 2.05) is 0 Å². The highest BCUT2D eigenvalue weighted by Gasteiger charge is 2.61. The molecule has 1 amide bonds. The molecule has 0 unspecified atom stereocenters.